The summed E-state index contributed by atoms with van der Waals surface area (Å²) in [5, 5.41) is 3.28. The molecule has 6 nitrogen and oxygen atoms in total. The Morgan fingerprint density at radius 2 is 1.70 bits per heavy atom. The van der Waals surface area contributed by atoms with Gasteiger partial charge in [-0.25, -0.2) is 0 Å². The molecule has 0 saturated carbocycles. The predicted molar refractivity (Wildman–Crippen MR) is 111 cm³/mol. The first-order valence-corrected chi connectivity index (χ1v) is 9.82. The summed E-state index contributed by atoms with van der Waals surface area (Å²) in [5.74, 6) is 0.956. The SMILES string of the molecule is CN=C(NCC(=O)N1CCN(c2ccccc2)CC1)N1CC(C)(C)C1(C)C. The number of hydrogen-bond donors (Lipinski definition) is 1. The van der Waals surface area contributed by atoms with Gasteiger partial charge in [0.1, 0.15) is 0 Å². The number of nitrogens with zero attached hydrogens (tertiary/aromatic N) is 4. The summed E-state index contributed by atoms with van der Waals surface area (Å²) in [5.41, 5.74) is 1.49. The largest absolute Gasteiger partial charge is 0.368 e. The summed E-state index contributed by atoms with van der Waals surface area (Å²) in [4.78, 5) is 23.6. The molecule has 1 amide bonds. The van der Waals surface area contributed by atoms with Crippen LogP contribution in [0.25, 0.3) is 0 Å². The lowest BCUT2D eigenvalue weighted by Crippen LogP contribution is -2.72. The number of guanidine groups is 1. The molecule has 0 atom stereocenters. The van der Waals surface area contributed by atoms with Crippen LogP contribution in [0.2, 0.25) is 0 Å². The average Bonchev–Trinajstić information content (AvgIpc) is 2.68. The lowest BCUT2D eigenvalue weighted by Gasteiger charge is -2.62. The molecule has 2 saturated heterocycles. The molecule has 148 valence electrons. The van der Waals surface area contributed by atoms with E-state index in [0.717, 1.165) is 38.7 Å². The zero-order chi connectivity index (χ0) is 19.7. The van der Waals surface area contributed by atoms with Gasteiger partial charge in [0.25, 0.3) is 0 Å². The van der Waals surface area contributed by atoms with E-state index >= 15 is 0 Å². The third-order valence-corrected chi connectivity index (χ3v) is 6.50. The topological polar surface area (TPSA) is 51.2 Å². The zero-order valence-electron chi connectivity index (χ0n) is 17.3. The Bertz CT molecular complexity index is 690. The van der Waals surface area contributed by atoms with Gasteiger partial charge in [0, 0.05) is 56.4 Å². The highest BCUT2D eigenvalue weighted by Crippen LogP contribution is 2.46. The highest BCUT2D eigenvalue weighted by atomic mass is 16.2. The van der Waals surface area contributed by atoms with Crippen LogP contribution in [-0.2, 0) is 4.79 Å². The van der Waals surface area contributed by atoms with E-state index in [1.807, 2.05) is 11.0 Å². The molecule has 0 radical (unpaired) electrons. The summed E-state index contributed by atoms with van der Waals surface area (Å²) < 4.78 is 0. The highest BCUT2D eigenvalue weighted by Gasteiger charge is 2.53. The van der Waals surface area contributed by atoms with Crippen LogP contribution < -0.4 is 10.2 Å². The number of benzene rings is 1. The van der Waals surface area contributed by atoms with E-state index in [1.54, 1.807) is 7.05 Å². The Morgan fingerprint density at radius 1 is 1.07 bits per heavy atom. The van der Waals surface area contributed by atoms with Crippen molar-refractivity contribution >= 4 is 17.6 Å². The third-order valence-electron chi connectivity index (χ3n) is 6.50. The minimum absolute atomic E-state index is 0.0270. The van der Waals surface area contributed by atoms with Crippen molar-refractivity contribution in [2.45, 2.75) is 33.2 Å². The van der Waals surface area contributed by atoms with Gasteiger partial charge in [-0.3, -0.25) is 9.79 Å². The lowest BCUT2D eigenvalue weighted by atomic mass is 9.65. The normalized spacial score (nSPS) is 21.7. The Labute approximate surface area is 163 Å². The quantitative estimate of drug-likeness (QED) is 0.653. The molecule has 27 heavy (non-hydrogen) atoms. The average molecular weight is 372 g/mol. The minimum atomic E-state index is 0.0270. The summed E-state index contributed by atoms with van der Waals surface area (Å²) in [7, 11) is 1.78. The number of amides is 1. The van der Waals surface area contributed by atoms with Crippen molar-refractivity contribution in [3.63, 3.8) is 0 Å². The van der Waals surface area contributed by atoms with Gasteiger partial charge in [-0.2, -0.15) is 0 Å². The molecule has 1 aromatic rings. The molecule has 0 bridgehead atoms. The van der Waals surface area contributed by atoms with E-state index in [1.165, 1.54) is 5.69 Å². The fourth-order valence-corrected chi connectivity index (χ4v) is 3.81. The van der Waals surface area contributed by atoms with E-state index in [2.05, 4.69) is 72.1 Å². The zero-order valence-corrected chi connectivity index (χ0v) is 17.3. The number of hydrogen-bond acceptors (Lipinski definition) is 3. The number of nitrogens with one attached hydrogen (secondary N) is 1. The molecule has 0 spiro atoms. The summed E-state index contributed by atoms with van der Waals surface area (Å²) in [6, 6.07) is 10.4. The Hall–Kier alpha value is -2.24. The number of aliphatic imine (C=N–C) groups is 1. The number of rotatable bonds is 3. The number of para-hydroxylation sites is 1. The van der Waals surface area contributed by atoms with Crippen LogP contribution in [-0.4, -0.2) is 73.5 Å². The van der Waals surface area contributed by atoms with Crippen molar-refractivity contribution in [3.05, 3.63) is 30.3 Å². The summed E-state index contributed by atoms with van der Waals surface area (Å²) in [6.07, 6.45) is 0. The Kier molecular flexibility index (Phi) is 5.36. The van der Waals surface area contributed by atoms with Crippen LogP contribution in [0, 0.1) is 5.41 Å². The van der Waals surface area contributed by atoms with Gasteiger partial charge in [-0.1, -0.05) is 32.0 Å². The van der Waals surface area contributed by atoms with Gasteiger partial charge in [0.2, 0.25) is 5.91 Å². The molecule has 2 heterocycles. The van der Waals surface area contributed by atoms with Crippen molar-refractivity contribution < 1.29 is 4.79 Å². The number of piperazine rings is 1. The first-order valence-electron chi connectivity index (χ1n) is 9.82. The Balaban J connectivity index is 1.49. The van der Waals surface area contributed by atoms with Crippen molar-refractivity contribution in [3.8, 4) is 0 Å². The molecule has 2 aliphatic rings. The number of likely N-dealkylation sites (tertiary alicyclic amines) is 1. The van der Waals surface area contributed by atoms with Crippen molar-refractivity contribution in [2.24, 2.45) is 10.4 Å². The molecule has 2 fully saturated rings. The lowest BCUT2D eigenvalue weighted by molar-refractivity contribution is -0.130. The van der Waals surface area contributed by atoms with Gasteiger partial charge in [-0.15, -0.1) is 0 Å². The maximum absolute atomic E-state index is 12.7. The van der Waals surface area contributed by atoms with E-state index < -0.39 is 0 Å². The second-order valence-corrected chi connectivity index (χ2v) is 8.63. The van der Waals surface area contributed by atoms with Crippen LogP contribution in [0.15, 0.2) is 35.3 Å². The van der Waals surface area contributed by atoms with Crippen molar-refractivity contribution in [1.82, 2.24) is 15.1 Å². The van der Waals surface area contributed by atoms with E-state index in [4.69, 9.17) is 0 Å². The molecule has 1 aromatic carbocycles. The first kappa shape index (κ1) is 19.5. The minimum Gasteiger partial charge on any atom is -0.368 e. The molecule has 3 rings (SSSR count). The van der Waals surface area contributed by atoms with Crippen LogP contribution in [0.3, 0.4) is 0 Å². The van der Waals surface area contributed by atoms with Gasteiger partial charge in [-0.05, 0) is 26.0 Å². The predicted octanol–water partition coefficient (Wildman–Crippen LogP) is 2.03. The monoisotopic (exact) mass is 371 g/mol. The molecule has 1 N–H and O–H groups in total. The molecule has 6 heteroatoms. The van der Waals surface area contributed by atoms with Gasteiger partial charge in [0.05, 0.1) is 6.54 Å². The van der Waals surface area contributed by atoms with Crippen molar-refractivity contribution in [1.29, 1.82) is 0 Å². The number of carbonyl (C=O) groups is 1. The van der Waals surface area contributed by atoms with Gasteiger partial charge < -0.3 is 20.0 Å². The van der Waals surface area contributed by atoms with Crippen LogP contribution in [0.4, 0.5) is 5.69 Å². The molecule has 0 unspecified atom stereocenters. The fraction of sp³-hybridized carbons (Fsp3) is 0.619. The van der Waals surface area contributed by atoms with E-state index in [9.17, 15) is 4.79 Å². The second-order valence-electron chi connectivity index (χ2n) is 8.63. The molecular formula is C21H33N5O. The number of carbonyl (C=O) groups excluding carboxylic acids is 1. The molecule has 0 aliphatic carbocycles. The molecule has 0 aromatic heterocycles. The van der Waals surface area contributed by atoms with Crippen molar-refractivity contribution in [2.75, 3.05) is 51.2 Å². The maximum atomic E-state index is 12.7. The highest BCUT2D eigenvalue weighted by molar-refractivity contribution is 5.87. The maximum Gasteiger partial charge on any atom is 0.242 e. The van der Waals surface area contributed by atoms with Crippen LogP contribution in [0.5, 0.6) is 0 Å². The molecular weight excluding hydrogens is 338 g/mol. The van der Waals surface area contributed by atoms with Crippen LogP contribution in [0.1, 0.15) is 27.7 Å². The van der Waals surface area contributed by atoms with Gasteiger partial charge in [0.15, 0.2) is 5.96 Å². The van der Waals surface area contributed by atoms with Gasteiger partial charge >= 0.3 is 0 Å². The Morgan fingerprint density at radius 3 is 2.22 bits per heavy atom. The smallest absolute Gasteiger partial charge is 0.242 e. The first-order chi connectivity index (χ1) is 12.8. The molecule has 2 aliphatic heterocycles. The van der Waals surface area contributed by atoms with E-state index in [-0.39, 0.29) is 16.9 Å². The van der Waals surface area contributed by atoms with E-state index in [0.29, 0.717) is 6.54 Å². The fourth-order valence-electron chi connectivity index (χ4n) is 3.81. The van der Waals surface area contributed by atoms with Crippen LogP contribution >= 0.6 is 0 Å². The second kappa shape index (κ2) is 7.41. The summed E-state index contributed by atoms with van der Waals surface area (Å²) in [6.45, 7) is 13.5. The standard InChI is InChI=1S/C21H33N5O/c1-20(2)16-26(21(20,3)4)19(22-5)23-15-18(27)25-13-11-24(12-14-25)17-9-7-6-8-10-17/h6-10H,11-16H2,1-5H3,(H,22,23). The summed E-state index contributed by atoms with van der Waals surface area (Å²) >= 11 is 0. The number of anilines is 1. The third kappa shape index (κ3) is 3.75.